The predicted molar refractivity (Wildman–Crippen MR) is 99.7 cm³/mol. The van der Waals surface area contributed by atoms with Crippen LogP contribution in [0.2, 0.25) is 5.02 Å². The van der Waals surface area contributed by atoms with Crippen LogP contribution in [0, 0.1) is 0 Å². The number of halogens is 1. The summed E-state index contributed by atoms with van der Waals surface area (Å²) in [5.74, 6) is 1.18. The minimum Gasteiger partial charge on any atom is -0.433 e. The summed E-state index contributed by atoms with van der Waals surface area (Å²) < 4.78 is 6.01. The van der Waals surface area contributed by atoms with Crippen LogP contribution in [0.25, 0.3) is 11.3 Å². The molecule has 3 aromatic rings. The van der Waals surface area contributed by atoms with Crippen molar-refractivity contribution in [3.8, 4) is 11.3 Å². The first kappa shape index (κ1) is 17.2. The van der Waals surface area contributed by atoms with Crippen LogP contribution in [0.5, 0.6) is 0 Å². The third kappa shape index (κ3) is 3.66. The molecule has 3 aromatic heterocycles. The average Bonchev–Trinajstić information content (AvgIpc) is 3.44. The highest BCUT2D eigenvalue weighted by Crippen LogP contribution is 2.44. The second-order valence-corrected chi connectivity index (χ2v) is 7.52. The number of carbonyl (C=O) groups is 1. The largest absolute Gasteiger partial charge is 0.433 e. The minimum atomic E-state index is 0.0235. The molecule has 3 heterocycles. The number of aromatic nitrogens is 3. The Labute approximate surface area is 160 Å². The molecule has 0 saturated heterocycles. The van der Waals surface area contributed by atoms with Gasteiger partial charge in [0.2, 0.25) is 0 Å². The van der Waals surface area contributed by atoms with Crippen molar-refractivity contribution in [2.75, 3.05) is 0 Å². The molecule has 1 aliphatic rings. The van der Waals surface area contributed by atoms with E-state index in [-0.39, 0.29) is 5.78 Å². The molecule has 0 aliphatic heterocycles. The third-order valence-electron chi connectivity index (χ3n) is 4.08. The Morgan fingerprint density at radius 3 is 2.69 bits per heavy atom. The van der Waals surface area contributed by atoms with Crippen molar-refractivity contribution >= 4 is 29.1 Å². The minimum absolute atomic E-state index is 0.0235. The second-order valence-electron chi connectivity index (χ2n) is 6.09. The van der Waals surface area contributed by atoms with Crippen LogP contribution in [0.1, 0.15) is 48.5 Å². The highest BCUT2D eigenvalue weighted by atomic mass is 35.5. The highest BCUT2D eigenvalue weighted by Gasteiger charge is 2.31. The summed E-state index contributed by atoms with van der Waals surface area (Å²) in [6, 6.07) is 7.24. The van der Waals surface area contributed by atoms with E-state index in [9.17, 15) is 4.79 Å². The van der Waals surface area contributed by atoms with E-state index in [1.807, 2.05) is 19.1 Å². The van der Waals surface area contributed by atoms with Gasteiger partial charge in [-0.15, -0.1) is 0 Å². The average molecular weight is 386 g/mol. The van der Waals surface area contributed by atoms with E-state index in [0.29, 0.717) is 28.1 Å². The van der Waals surface area contributed by atoms with Gasteiger partial charge in [0.05, 0.1) is 5.02 Å². The Balaban J connectivity index is 1.67. The molecule has 0 atom stereocenters. The van der Waals surface area contributed by atoms with Crippen molar-refractivity contribution in [3.05, 3.63) is 53.3 Å². The third-order valence-corrected chi connectivity index (χ3v) is 5.22. The fourth-order valence-corrected chi connectivity index (χ4v) is 3.41. The molecule has 0 bridgehead atoms. The molecule has 0 N–H and O–H groups in total. The van der Waals surface area contributed by atoms with E-state index < -0.39 is 0 Å². The number of hydrogen-bond acceptors (Lipinski definition) is 6. The number of oxazole rings is 1. The van der Waals surface area contributed by atoms with Gasteiger partial charge < -0.3 is 4.42 Å². The standard InChI is InChI=1S/C19H16ClN3O2S/c1-2-15(24)14-7-5-12(9-21-14)17-19(25-18(23-17)11-3-4-11)26-16-8-6-13(20)10-22-16/h5-11H,2-4H2,1H3. The molecule has 1 aliphatic carbocycles. The normalized spacial score (nSPS) is 13.8. The van der Waals surface area contributed by atoms with Crippen molar-refractivity contribution in [3.63, 3.8) is 0 Å². The summed E-state index contributed by atoms with van der Waals surface area (Å²) in [6.07, 6.45) is 5.92. The molecule has 0 spiro atoms. The topological polar surface area (TPSA) is 68.9 Å². The van der Waals surface area contributed by atoms with E-state index in [1.165, 1.54) is 11.8 Å². The fourth-order valence-electron chi connectivity index (χ4n) is 2.48. The number of Topliss-reactive ketones (excluding diaryl/α,β-unsaturated/α-hetero) is 1. The quantitative estimate of drug-likeness (QED) is 0.528. The Morgan fingerprint density at radius 1 is 1.23 bits per heavy atom. The van der Waals surface area contributed by atoms with Crippen molar-refractivity contribution in [2.45, 2.75) is 42.2 Å². The maximum atomic E-state index is 11.8. The molecule has 4 rings (SSSR count). The van der Waals surface area contributed by atoms with Gasteiger partial charge in [-0.1, -0.05) is 18.5 Å². The molecule has 1 fully saturated rings. The van der Waals surface area contributed by atoms with Crippen LogP contribution in [0.4, 0.5) is 0 Å². The van der Waals surface area contributed by atoms with Crippen molar-refractivity contribution in [2.24, 2.45) is 0 Å². The maximum absolute atomic E-state index is 11.8. The van der Waals surface area contributed by atoms with Crippen LogP contribution < -0.4 is 0 Å². The number of rotatable bonds is 6. The van der Waals surface area contributed by atoms with E-state index in [0.717, 1.165) is 35.0 Å². The van der Waals surface area contributed by atoms with Gasteiger partial charge in [-0.3, -0.25) is 9.78 Å². The van der Waals surface area contributed by atoms with E-state index in [2.05, 4.69) is 15.0 Å². The number of ketones is 1. The Kier molecular flexibility index (Phi) is 4.78. The molecule has 26 heavy (non-hydrogen) atoms. The predicted octanol–water partition coefficient (Wildman–Crippen LogP) is 5.41. The summed E-state index contributed by atoms with van der Waals surface area (Å²) in [7, 11) is 0. The van der Waals surface area contributed by atoms with Crippen LogP contribution in [0.15, 0.2) is 51.2 Å². The number of pyridine rings is 2. The van der Waals surface area contributed by atoms with Crippen LogP contribution in [-0.4, -0.2) is 20.7 Å². The zero-order valence-electron chi connectivity index (χ0n) is 14.1. The summed E-state index contributed by atoms with van der Waals surface area (Å²) in [5, 5.41) is 2.05. The Hall–Kier alpha value is -2.18. The molecule has 0 unspecified atom stereocenters. The van der Waals surface area contributed by atoms with Crippen molar-refractivity contribution in [1.29, 1.82) is 0 Å². The van der Waals surface area contributed by atoms with Gasteiger partial charge in [-0.05, 0) is 48.9 Å². The van der Waals surface area contributed by atoms with Gasteiger partial charge in [0.25, 0.3) is 0 Å². The van der Waals surface area contributed by atoms with Gasteiger partial charge in [-0.25, -0.2) is 9.97 Å². The summed E-state index contributed by atoms with van der Waals surface area (Å²) in [6.45, 7) is 1.82. The van der Waals surface area contributed by atoms with Gasteiger partial charge in [-0.2, -0.15) is 0 Å². The second kappa shape index (κ2) is 7.21. The first-order chi connectivity index (χ1) is 12.6. The smallest absolute Gasteiger partial charge is 0.199 e. The molecule has 0 radical (unpaired) electrons. The molecular weight excluding hydrogens is 370 g/mol. The lowest BCUT2D eigenvalue weighted by Gasteiger charge is -2.02. The van der Waals surface area contributed by atoms with E-state index in [1.54, 1.807) is 24.5 Å². The Bertz CT molecular complexity index is 934. The summed E-state index contributed by atoms with van der Waals surface area (Å²) in [4.78, 5) is 25.1. The summed E-state index contributed by atoms with van der Waals surface area (Å²) >= 11 is 7.31. The number of carbonyl (C=O) groups excluding carboxylic acids is 1. The summed E-state index contributed by atoms with van der Waals surface area (Å²) in [5.41, 5.74) is 2.03. The lowest BCUT2D eigenvalue weighted by Crippen LogP contribution is -1.99. The SMILES string of the molecule is CCC(=O)c1ccc(-c2nc(C3CC3)oc2Sc2ccc(Cl)cn2)cn1. The monoisotopic (exact) mass is 385 g/mol. The highest BCUT2D eigenvalue weighted by molar-refractivity contribution is 7.99. The zero-order valence-corrected chi connectivity index (χ0v) is 15.7. The maximum Gasteiger partial charge on any atom is 0.199 e. The molecular formula is C19H16ClN3O2S. The Morgan fingerprint density at radius 2 is 2.08 bits per heavy atom. The van der Waals surface area contributed by atoms with Gasteiger partial charge in [0, 0.05) is 30.3 Å². The molecule has 1 saturated carbocycles. The van der Waals surface area contributed by atoms with E-state index in [4.69, 9.17) is 16.0 Å². The number of hydrogen-bond donors (Lipinski definition) is 0. The fraction of sp³-hybridized carbons (Fsp3) is 0.263. The van der Waals surface area contributed by atoms with Gasteiger partial charge >= 0.3 is 0 Å². The lowest BCUT2D eigenvalue weighted by atomic mass is 10.1. The zero-order chi connectivity index (χ0) is 18.1. The first-order valence-electron chi connectivity index (χ1n) is 8.43. The molecule has 132 valence electrons. The van der Waals surface area contributed by atoms with Crippen LogP contribution in [0.3, 0.4) is 0 Å². The molecule has 7 heteroatoms. The van der Waals surface area contributed by atoms with Crippen LogP contribution in [-0.2, 0) is 0 Å². The van der Waals surface area contributed by atoms with Crippen molar-refractivity contribution in [1.82, 2.24) is 15.0 Å². The lowest BCUT2D eigenvalue weighted by molar-refractivity contribution is 0.0983. The van der Waals surface area contributed by atoms with Crippen LogP contribution >= 0.6 is 23.4 Å². The molecule has 0 aromatic carbocycles. The van der Waals surface area contributed by atoms with Gasteiger partial charge in [0.15, 0.2) is 16.8 Å². The van der Waals surface area contributed by atoms with E-state index >= 15 is 0 Å². The molecule has 0 amide bonds. The number of nitrogens with zero attached hydrogens (tertiary/aromatic N) is 3. The van der Waals surface area contributed by atoms with Gasteiger partial charge in [0.1, 0.15) is 16.4 Å². The van der Waals surface area contributed by atoms with Crippen molar-refractivity contribution < 1.29 is 9.21 Å². The molecule has 5 nitrogen and oxygen atoms in total. The first-order valence-corrected chi connectivity index (χ1v) is 9.63.